The van der Waals surface area contributed by atoms with E-state index in [1.54, 1.807) is 0 Å². The Morgan fingerprint density at radius 1 is 0.543 bits per heavy atom. The first-order valence-electron chi connectivity index (χ1n) is 8.23. The third-order valence-electron chi connectivity index (χ3n) is 3.92. The van der Waals surface area contributed by atoms with Crippen molar-refractivity contribution in [3.8, 4) is 0 Å². The molecular formula is C14H12F16O5. The molecule has 0 aliphatic heterocycles. The van der Waals surface area contributed by atoms with Crippen molar-refractivity contribution < 1.29 is 94.7 Å². The highest BCUT2D eigenvalue weighted by Gasteiger charge is 2.94. The molecule has 0 aromatic heterocycles. The number of alkyl halides is 16. The SMILES string of the molecule is O=C(O)COCC(F)(F)C(F)(F)C(F)(F)C(F)(F)C(F)(F)C(F)(F)C(F)(F)C(F)(F)COCCO. The van der Waals surface area contributed by atoms with E-state index in [9.17, 15) is 75.0 Å². The molecule has 0 radical (unpaired) electrons. The average Bonchev–Trinajstić information content (AvgIpc) is 2.66. The van der Waals surface area contributed by atoms with Crippen molar-refractivity contribution in [1.82, 2.24) is 0 Å². The predicted molar refractivity (Wildman–Crippen MR) is 75.9 cm³/mol. The third-order valence-corrected chi connectivity index (χ3v) is 3.92. The van der Waals surface area contributed by atoms with E-state index in [2.05, 4.69) is 9.47 Å². The highest BCUT2D eigenvalue weighted by molar-refractivity contribution is 5.67. The molecule has 0 amide bonds. The number of carboxylic acids is 1. The second-order valence-electron chi connectivity index (χ2n) is 6.52. The number of aliphatic carboxylic acids is 1. The van der Waals surface area contributed by atoms with Crippen LogP contribution in [-0.4, -0.2) is 96.6 Å². The molecule has 0 atom stereocenters. The summed E-state index contributed by atoms with van der Waals surface area (Å²) in [6.07, 6.45) is 0. The zero-order valence-electron chi connectivity index (χ0n) is 16.2. The Kier molecular flexibility index (Phi) is 9.44. The monoisotopic (exact) mass is 564 g/mol. The van der Waals surface area contributed by atoms with Gasteiger partial charge >= 0.3 is 53.3 Å². The van der Waals surface area contributed by atoms with Crippen LogP contribution >= 0.6 is 0 Å². The Morgan fingerprint density at radius 3 is 1.11 bits per heavy atom. The van der Waals surface area contributed by atoms with Gasteiger partial charge < -0.3 is 19.7 Å². The number of aliphatic hydroxyl groups is 1. The maximum Gasteiger partial charge on any atom is 0.385 e. The van der Waals surface area contributed by atoms with Gasteiger partial charge in [-0.1, -0.05) is 0 Å². The first kappa shape index (κ1) is 33.2. The molecule has 0 aromatic carbocycles. The van der Waals surface area contributed by atoms with Crippen molar-refractivity contribution in [2.45, 2.75) is 47.4 Å². The fourth-order valence-electron chi connectivity index (χ4n) is 1.96. The highest BCUT2D eigenvalue weighted by Crippen LogP contribution is 2.63. The molecule has 5 nitrogen and oxygen atoms in total. The van der Waals surface area contributed by atoms with Crippen LogP contribution in [0.1, 0.15) is 0 Å². The molecule has 0 aliphatic rings. The lowest BCUT2D eigenvalue weighted by Gasteiger charge is -2.43. The summed E-state index contributed by atoms with van der Waals surface area (Å²) in [5, 5.41) is 16.2. The minimum absolute atomic E-state index is 1.25. The average molecular weight is 564 g/mol. The van der Waals surface area contributed by atoms with Crippen LogP contribution in [0.2, 0.25) is 0 Å². The molecule has 21 heteroatoms. The summed E-state index contributed by atoms with van der Waals surface area (Å²) in [7, 11) is 0. The summed E-state index contributed by atoms with van der Waals surface area (Å²) in [5.74, 6) is -65.0. The standard InChI is InChI=1S/C14H12F16O5/c15-7(16,4-34-2-1-31)9(19,20)11(23,24)13(27,28)14(29,30)12(25,26)10(21,22)8(17,18)5-35-3-6(32)33/h31H,1-5H2,(H,32,33). The van der Waals surface area contributed by atoms with E-state index in [0.717, 1.165) is 0 Å². The van der Waals surface area contributed by atoms with Gasteiger partial charge in [0.1, 0.15) is 19.8 Å². The molecule has 35 heavy (non-hydrogen) atoms. The van der Waals surface area contributed by atoms with Crippen LogP contribution < -0.4 is 0 Å². The predicted octanol–water partition coefficient (Wildman–Crippen LogP) is 4.18. The van der Waals surface area contributed by atoms with Gasteiger partial charge in [0.2, 0.25) is 0 Å². The Labute approximate surface area is 182 Å². The van der Waals surface area contributed by atoms with Gasteiger partial charge in [0.05, 0.1) is 13.2 Å². The summed E-state index contributed by atoms with van der Waals surface area (Å²) in [5.41, 5.74) is 0. The number of halogens is 16. The van der Waals surface area contributed by atoms with Crippen LogP contribution in [0.4, 0.5) is 70.2 Å². The lowest BCUT2D eigenvalue weighted by Crippen LogP contribution is -2.75. The quantitative estimate of drug-likeness (QED) is 0.231. The largest absolute Gasteiger partial charge is 0.480 e. The molecule has 0 bridgehead atoms. The molecule has 2 N–H and O–H groups in total. The lowest BCUT2D eigenvalue weighted by atomic mass is 9.88. The number of rotatable bonds is 15. The molecule has 0 spiro atoms. The number of hydrogen-bond acceptors (Lipinski definition) is 4. The number of carbonyl (C=O) groups is 1. The summed E-state index contributed by atoms with van der Waals surface area (Å²) < 4.78 is 223. The van der Waals surface area contributed by atoms with Gasteiger partial charge in [0.15, 0.2) is 0 Å². The van der Waals surface area contributed by atoms with Crippen molar-refractivity contribution in [2.24, 2.45) is 0 Å². The number of aliphatic hydroxyl groups excluding tert-OH is 1. The molecular weight excluding hydrogens is 552 g/mol. The second-order valence-corrected chi connectivity index (χ2v) is 6.52. The van der Waals surface area contributed by atoms with Gasteiger partial charge in [0, 0.05) is 0 Å². The molecule has 0 saturated heterocycles. The van der Waals surface area contributed by atoms with Gasteiger partial charge in [-0.25, -0.2) is 4.79 Å². The van der Waals surface area contributed by atoms with Gasteiger partial charge in [-0.2, -0.15) is 70.2 Å². The summed E-state index contributed by atoms with van der Waals surface area (Å²) >= 11 is 0. The normalized spacial score (nSPS) is 15.5. The Bertz CT molecular complexity index is 738. The molecule has 0 fully saturated rings. The maximum atomic E-state index is 13.6. The molecule has 0 aromatic rings. The zero-order chi connectivity index (χ0) is 28.5. The first-order valence-corrected chi connectivity index (χ1v) is 8.23. The fraction of sp³-hybridized carbons (Fsp3) is 0.929. The second kappa shape index (κ2) is 9.94. The van der Waals surface area contributed by atoms with Gasteiger partial charge in [-0.05, 0) is 0 Å². The van der Waals surface area contributed by atoms with Crippen LogP contribution in [0.5, 0.6) is 0 Å². The smallest absolute Gasteiger partial charge is 0.385 e. The van der Waals surface area contributed by atoms with Crippen molar-refractivity contribution in [3.05, 3.63) is 0 Å². The Hall–Kier alpha value is -1.77. The lowest BCUT2D eigenvalue weighted by molar-refractivity contribution is -0.455. The maximum absolute atomic E-state index is 13.6. The van der Waals surface area contributed by atoms with E-state index in [1.165, 1.54) is 0 Å². The molecule has 0 saturated carbocycles. The minimum Gasteiger partial charge on any atom is -0.480 e. The summed E-state index contributed by atoms with van der Waals surface area (Å²) in [4.78, 5) is 10.0. The Morgan fingerprint density at radius 2 is 0.829 bits per heavy atom. The van der Waals surface area contributed by atoms with Gasteiger partial charge in [0.25, 0.3) is 0 Å². The van der Waals surface area contributed by atoms with Gasteiger partial charge in [-0.3, -0.25) is 0 Å². The van der Waals surface area contributed by atoms with Crippen molar-refractivity contribution in [3.63, 3.8) is 0 Å². The van der Waals surface area contributed by atoms with Crippen LogP contribution in [-0.2, 0) is 14.3 Å². The van der Waals surface area contributed by atoms with E-state index in [0.29, 0.717) is 0 Å². The van der Waals surface area contributed by atoms with E-state index in [1.807, 2.05) is 0 Å². The van der Waals surface area contributed by atoms with Crippen LogP contribution in [0.3, 0.4) is 0 Å². The Balaban J connectivity index is 6.46. The number of hydrogen-bond donors (Lipinski definition) is 2. The van der Waals surface area contributed by atoms with Crippen molar-refractivity contribution in [1.29, 1.82) is 0 Å². The van der Waals surface area contributed by atoms with Crippen molar-refractivity contribution >= 4 is 5.97 Å². The van der Waals surface area contributed by atoms with Gasteiger partial charge in [-0.15, -0.1) is 0 Å². The summed E-state index contributed by atoms with van der Waals surface area (Å²) in [6, 6.07) is 0. The van der Waals surface area contributed by atoms with E-state index >= 15 is 0 Å². The number of carboxylic acid groups (broad SMARTS) is 1. The van der Waals surface area contributed by atoms with E-state index in [4.69, 9.17) is 10.2 Å². The van der Waals surface area contributed by atoms with Crippen LogP contribution in [0.15, 0.2) is 0 Å². The highest BCUT2D eigenvalue weighted by atomic mass is 19.4. The zero-order valence-corrected chi connectivity index (χ0v) is 16.2. The first-order chi connectivity index (χ1) is 15.2. The summed E-state index contributed by atoms with van der Waals surface area (Å²) in [6.45, 7) is -10.8. The molecule has 210 valence electrons. The number of ether oxygens (including phenoxy) is 2. The van der Waals surface area contributed by atoms with E-state index < -0.39 is 86.4 Å². The van der Waals surface area contributed by atoms with Crippen LogP contribution in [0.25, 0.3) is 0 Å². The fourth-order valence-corrected chi connectivity index (χ4v) is 1.96. The molecule has 0 heterocycles. The topological polar surface area (TPSA) is 76.0 Å². The van der Waals surface area contributed by atoms with Crippen LogP contribution in [0, 0.1) is 0 Å². The van der Waals surface area contributed by atoms with Crippen molar-refractivity contribution in [2.75, 3.05) is 33.0 Å². The third kappa shape index (κ3) is 5.35. The minimum atomic E-state index is -8.59. The molecule has 0 unspecified atom stereocenters. The molecule has 0 aliphatic carbocycles. The van der Waals surface area contributed by atoms with E-state index in [-0.39, 0.29) is 0 Å². The molecule has 0 rings (SSSR count).